The summed E-state index contributed by atoms with van der Waals surface area (Å²) in [7, 11) is 0. The lowest BCUT2D eigenvalue weighted by molar-refractivity contribution is 0.359. The zero-order valence-electron chi connectivity index (χ0n) is 10.8. The van der Waals surface area contributed by atoms with Crippen LogP contribution >= 0.6 is 0 Å². The highest BCUT2D eigenvalue weighted by molar-refractivity contribution is 5.59. The van der Waals surface area contributed by atoms with Crippen LogP contribution in [0.15, 0.2) is 18.2 Å². The van der Waals surface area contributed by atoms with Gasteiger partial charge in [-0.1, -0.05) is 26.8 Å². The molecule has 0 amide bonds. The van der Waals surface area contributed by atoms with E-state index >= 15 is 0 Å². The highest BCUT2D eigenvalue weighted by Gasteiger charge is 2.20. The van der Waals surface area contributed by atoms with E-state index in [1.54, 1.807) is 0 Å². The minimum Gasteiger partial charge on any atom is -0.381 e. The number of anilines is 1. The van der Waals surface area contributed by atoms with Crippen molar-refractivity contribution in [2.45, 2.75) is 40.7 Å². The highest BCUT2D eigenvalue weighted by atomic mass is 14.9. The van der Waals surface area contributed by atoms with E-state index in [0.717, 1.165) is 16.8 Å². The van der Waals surface area contributed by atoms with Gasteiger partial charge in [0.25, 0.3) is 0 Å². The molecule has 1 atom stereocenters. The molecule has 0 aliphatic heterocycles. The molecule has 0 aliphatic rings. The standard InChI is InChI=1S/C14H20N2/c1-10-6-7-13(12(8-10)9-15)16-11(2)14(3,4)5/h6-8,11,16H,1-5H3. The molecule has 2 heteroatoms. The molecule has 1 N–H and O–H groups in total. The van der Waals surface area contributed by atoms with Gasteiger partial charge in [-0.15, -0.1) is 0 Å². The van der Waals surface area contributed by atoms with Crippen molar-refractivity contribution in [2.24, 2.45) is 5.41 Å². The molecule has 16 heavy (non-hydrogen) atoms. The Kier molecular flexibility index (Phi) is 3.59. The average Bonchev–Trinajstić information content (AvgIpc) is 2.19. The molecule has 1 aromatic carbocycles. The Hall–Kier alpha value is -1.49. The first kappa shape index (κ1) is 12.6. The summed E-state index contributed by atoms with van der Waals surface area (Å²) >= 11 is 0. The summed E-state index contributed by atoms with van der Waals surface area (Å²) in [4.78, 5) is 0. The van der Waals surface area contributed by atoms with Gasteiger partial charge in [-0.25, -0.2) is 0 Å². The van der Waals surface area contributed by atoms with Crippen molar-refractivity contribution >= 4 is 5.69 Å². The van der Waals surface area contributed by atoms with E-state index in [9.17, 15) is 0 Å². The van der Waals surface area contributed by atoms with Gasteiger partial charge in [-0.05, 0) is 37.0 Å². The Labute approximate surface area is 98.3 Å². The molecule has 0 fully saturated rings. The molecule has 1 rings (SSSR count). The summed E-state index contributed by atoms with van der Waals surface area (Å²) in [6.07, 6.45) is 0. The Morgan fingerprint density at radius 2 is 1.94 bits per heavy atom. The minimum atomic E-state index is 0.178. The van der Waals surface area contributed by atoms with E-state index in [2.05, 4.69) is 39.1 Å². The summed E-state index contributed by atoms with van der Waals surface area (Å²) < 4.78 is 0. The molecule has 0 aliphatic carbocycles. The summed E-state index contributed by atoms with van der Waals surface area (Å²) in [5, 5.41) is 12.5. The first-order valence-electron chi connectivity index (χ1n) is 5.62. The van der Waals surface area contributed by atoms with Gasteiger partial charge >= 0.3 is 0 Å². The molecule has 1 unspecified atom stereocenters. The van der Waals surface area contributed by atoms with Gasteiger partial charge in [0.15, 0.2) is 0 Å². The zero-order valence-corrected chi connectivity index (χ0v) is 10.8. The smallest absolute Gasteiger partial charge is 0.101 e. The number of rotatable bonds is 2. The first-order valence-corrected chi connectivity index (χ1v) is 5.62. The maximum Gasteiger partial charge on any atom is 0.101 e. The summed E-state index contributed by atoms with van der Waals surface area (Å²) in [6, 6.07) is 8.48. The third-order valence-electron chi connectivity index (χ3n) is 2.97. The van der Waals surface area contributed by atoms with E-state index in [0.29, 0.717) is 6.04 Å². The maximum absolute atomic E-state index is 9.07. The fraction of sp³-hybridized carbons (Fsp3) is 0.500. The molecule has 86 valence electrons. The van der Waals surface area contributed by atoms with Gasteiger partial charge in [0.05, 0.1) is 11.3 Å². The quantitative estimate of drug-likeness (QED) is 0.818. The molecule has 0 saturated carbocycles. The van der Waals surface area contributed by atoms with Gasteiger partial charge in [0.2, 0.25) is 0 Å². The molecular weight excluding hydrogens is 196 g/mol. The van der Waals surface area contributed by atoms with Crippen LogP contribution in [0.3, 0.4) is 0 Å². The van der Waals surface area contributed by atoms with E-state index in [-0.39, 0.29) is 5.41 Å². The average molecular weight is 216 g/mol. The predicted molar refractivity (Wildman–Crippen MR) is 68.4 cm³/mol. The first-order chi connectivity index (χ1) is 7.34. The largest absolute Gasteiger partial charge is 0.381 e. The maximum atomic E-state index is 9.07. The Balaban J connectivity index is 2.95. The number of hydrogen-bond donors (Lipinski definition) is 1. The molecule has 0 bridgehead atoms. The molecule has 0 saturated heterocycles. The Morgan fingerprint density at radius 3 is 2.44 bits per heavy atom. The molecular formula is C14H20N2. The van der Waals surface area contributed by atoms with Crippen LogP contribution in [0.5, 0.6) is 0 Å². The van der Waals surface area contributed by atoms with Crippen LogP contribution < -0.4 is 5.32 Å². The second kappa shape index (κ2) is 4.57. The second-order valence-electron chi connectivity index (χ2n) is 5.39. The third-order valence-corrected chi connectivity index (χ3v) is 2.97. The summed E-state index contributed by atoms with van der Waals surface area (Å²) in [6.45, 7) is 10.7. The van der Waals surface area contributed by atoms with Gasteiger partial charge in [-0.2, -0.15) is 5.26 Å². The molecule has 0 spiro atoms. The van der Waals surface area contributed by atoms with Crippen molar-refractivity contribution < 1.29 is 0 Å². The molecule has 2 nitrogen and oxygen atoms in total. The fourth-order valence-electron chi connectivity index (χ4n) is 1.33. The van der Waals surface area contributed by atoms with E-state index in [1.165, 1.54) is 0 Å². The van der Waals surface area contributed by atoms with Crippen molar-refractivity contribution in [1.29, 1.82) is 5.26 Å². The lowest BCUT2D eigenvalue weighted by Gasteiger charge is -2.29. The zero-order chi connectivity index (χ0) is 12.3. The normalized spacial score (nSPS) is 13.0. The SMILES string of the molecule is Cc1ccc(NC(C)C(C)(C)C)c(C#N)c1. The number of nitrogens with zero attached hydrogens (tertiary/aromatic N) is 1. The van der Waals surface area contributed by atoms with Gasteiger partial charge < -0.3 is 5.32 Å². The van der Waals surface area contributed by atoms with Crippen LogP contribution in [0, 0.1) is 23.7 Å². The number of benzene rings is 1. The van der Waals surface area contributed by atoms with Crippen LogP contribution in [0.1, 0.15) is 38.8 Å². The molecule has 0 aromatic heterocycles. The predicted octanol–water partition coefficient (Wildman–Crippen LogP) is 3.71. The van der Waals surface area contributed by atoms with Crippen molar-refractivity contribution in [3.63, 3.8) is 0 Å². The summed E-state index contributed by atoms with van der Waals surface area (Å²) in [5.41, 5.74) is 2.94. The monoisotopic (exact) mass is 216 g/mol. The minimum absolute atomic E-state index is 0.178. The Bertz CT molecular complexity index is 408. The van der Waals surface area contributed by atoms with Crippen LogP contribution in [0.25, 0.3) is 0 Å². The Morgan fingerprint density at radius 1 is 1.31 bits per heavy atom. The van der Waals surface area contributed by atoms with Gasteiger partial charge in [0, 0.05) is 6.04 Å². The fourth-order valence-corrected chi connectivity index (χ4v) is 1.33. The van der Waals surface area contributed by atoms with Crippen LogP contribution in [-0.2, 0) is 0 Å². The third kappa shape index (κ3) is 3.00. The van der Waals surface area contributed by atoms with Crippen molar-refractivity contribution in [1.82, 2.24) is 0 Å². The lowest BCUT2D eigenvalue weighted by atomic mass is 9.88. The molecule has 0 heterocycles. The van der Waals surface area contributed by atoms with Gasteiger partial charge in [0.1, 0.15) is 6.07 Å². The van der Waals surface area contributed by atoms with Crippen molar-refractivity contribution in [2.75, 3.05) is 5.32 Å². The number of nitrogens with one attached hydrogen (secondary N) is 1. The van der Waals surface area contributed by atoms with Crippen LogP contribution in [0.4, 0.5) is 5.69 Å². The molecule has 1 aromatic rings. The van der Waals surface area contributed by atoms with Crippen LogP contribution in [-0.4, -0.2) is 6.04 Å². The lowest BCUT2D eigenvalue weighted by Crippen LogP contribution is -2.31. The van der Waals surface area contributed by atoms with E-state index < -0.39 is 0 Å². The number of nitriles is 1. The molecule has 0 radical (unpaired) electrons. The number of aryl methyl sites for hydroxylation is 1. The van der Waals surface area contributed by atoms with E-state index in [1.807, 2.05) is 25.1 Å². The van der Waals surface area contributed by atoms with Gasteiger partial charge in [-0.3, -0.25) is 0 Å². The summed E-state index contributed by atoms with van der Waals surface area (Å²) in [5.74, 6) is 0. The van der Waals surface area contributed by atoms with Crippen molar-refractivity contribution in [3.05, 3.63) is 29.3 Å². The van der Waals surface area contributed by atoms with Crippen molar-refractivity contribution in [3.8, 4) is 6.07 Å². The van der Waals surface area contributed by atoms with E-state index in [4.69, 9.17) is 5.26 Å². The topological polar surface area (TPSA) is 35.8 Å². The second-order valence-corrected chi connectivity index (χ2v) is 5.39. The van der Waals surface area contributed by atoms with Crippen LogP contribution in [0.2, 0.25) is 0 Å². The number of hydrogen-bond acceptors (Lipinski definition) is 2. The highest BCUT2D eigenvalue weighted by Crippen LogP contribution is 2.25.